The molecule has 0 aliphatic carbocycles. The summed E-state index contributed by atoms with van der Waals surface area (Å²) in [6.07, 6.45) is 2.39. The first-order valence-corrected chi connectivity index (χ1v) is 6.95. The van der Waals surface area contributed by atoms with E-state index in [9.17, 15) is 0 Å². The zero-order valence-electron chi connectivity index (χ0n) is 12.8. The van der Waals surface area contributed by atoms with Gasteiger partial charge in [0.2, 0.25) is 0 Å². The minimum absolute atomic E-state index is 0.0453. The van der Waals surface area contributed by atoms with E-state index in [-0.39, 0.29) is 24.2 Å². The summed E-state index contributed by atoms with van der Waals surface area (Å²) in [6.45, 7) is 10.0. The lowest BCUT2D eigenvalue weighted by molar-refractivity contribution is 0.00578. The third kappa shape index (κ3) is 2.87. The van der Waals surface area contributed by atoms with E-state index >= 15 is 0 Å². The summed E-state index contributed by atoms with van der Waals surface area (Å²) in [5, 5.41) is 8.89. The van der Waals surface area contributed by atoms with E-state index < -0.39 is 0 Å². The highest BCUT2D eigenvalue weighted by molar-refractivity contribution is 6.62. The largest absolute Gasteiger partial charge is 0.494 e. The Morgan fingerprint density at radius 1 is 1.30 bits per heavy atom. The molecule has 20 heavy (non-hydrogen) atoms. The standard InChI is InChI=1S/C15H21BN2O2/c1-11(10-17)8-13-9-12(6-7-18-13)16-19-14(2,3)15(4,5)20-16/h6-7,9,11H,8H2,1-5H3. The fourth-order valence-electron chi connectivity index (χ4n) is 2.09. The van der Waals surface area contributed by atoms with E-state index in [2.05, 4.69) is 11.1 Å². The molecule has 1 aliphatic rings. The van der Waals surface area contributed by atoms with Crippen LogP contribution >= 0.6 is 0 Å². The fourth-order valence-corrected chi connectivity index (χ4v) is 2.09. The molecule has 0 radical (unpaired) electrons. The first-order valence-electron chi connectivity index (χ1n) is 6.95. The van der Waals surface area contributed by atoms with Crippen LogP contribution in [0.1, 0.15) is 40.3 Å². The topological polar surface area (TPSA) is 55.1 Å². The third-order valence-electron chi connectivity index (χ3n) is 4.10. The van der Waals surface area contributed by atoms with Crippen LogP contribution in [0.3, 0.4) is 0 Å². The number of nitriles is 1. The van der Waals surface area contributed by atoms with Crippen LogP contribution in [-0.4, -0.2) is 23.3 Å². The third-order valence-corrected chi connectivity index (χ3v) is 4.10. The first-order chi connectivity index (χ1) is 9.25. The maximum absolute atomic E-state index is 8.89. The Bertz CT molecular complexity index is 521. The van der Waals surface area contributed by atoms with Crippen molar-refractivity contribution in [2.75, 3.05) is 0 Å². The molecule has 1 unspecified atom stereocenters. The van der Waals surface area contributed by atoms with E-state index in [1.807, 2.05) is 46.8 Å². The number of hydrogen-bond acceptors (Lipinski definition) is 4. The summed E-state index contributed by atoms with van der Waals surface area (Å²) in [5.74, 6) is -0.0453. The van der Waals surface area contributed by atoms with Gasteiger partial charge in [-0.15, -0.1) is 0 Å². The molecule has 1 aliphatic heterocycles. The van der Waals surface area contributed by atoms with Crippen molar-refractivity contribution in [3.8, 4) is 6.07 Å². The number of pyridine rings is 1. The number of rotatable bonds is 3. The molecule has 0 spiro atoms. The van der Waals surface area contributed by atoms with Gasteiger partial charge in [0.25, 0.3) is 0 Å². The van der Waals surface area contributed by atoms with Crippen LogP contribution in [0.25, 0.3) is 0 Å². The van der Waals surface area contributed by atoms with Crippen molar-refractivity contribution in [1.82, 2.24) is 4.98 Å². The molecule has 0 amide bonds. The van der Waals surface area contributed by atoms with Gasteiger partial charge in [0.15, 0.2) is 0 Å². The SMILES string of the molecule is CC(C#N)Cc1cc(B2OC(C)(C)C(C)(C)O2)ccn1. The highest BCUT2D eigenvalue weighted by Crippen LogP contribution is 2.36. The van der Waals surface area contributed by atoms with E-state index in [1.54, 1.807) is 6.20 Å². The molecule has 1 aromatic heterocycles. The lowest BCUT2D eigenvalue weighted by atomic mass is 9.79. The summed E-state index contributed by atoms with van der Waals surface area (Å²) in [7, 11) is -0.376. The molecule has 1 fully saturated rings. The molecule has 1 aromatic rings. The molecule has 0 aromatic carbocycles. The summed E-state index contributed by atoms with van der Waals surface area (Å²) in [6, 6.07) is 6.10. The average Bonchev–Trinajstić information content (AvgIpc) is 2.59. The molecule has 4 nitrogen and oxygen atoms in total. The second kappa shape index (κ2) is 5.19. The van der Waals surface area contributed by atoms with Crippen LogP contribution < -0.4 is 5.46 Å². The normalized spacial score (nSPS) is 21.5. The van der Waals surface area contributed by atoms with Crippen molar-refractivity contribution in [3.05, 3.63) is 24.0 Å². The number of nitrogens with zero attached hydrogens (tertiary/aromatic N) is 2. The Morgan fingerprint density at radius 2 is 1.90 bits per heavy atom. The number of hydrogen-bond donors (Lipinski definition) is 0. The summed E-state index contributed by atoms with van der Waals surface area (Å²) < 4.78 is 12.0. The molecule has 2 heterocycles. The lowest BCUT2D eigenvalue weighted by Gasteiger charge is -2.32. The molecule has 1 atom stereocenters. The van der Waals surface area contributed by atoms with Crippen LogP contribution in [0.15, 0.2) is 18.3 Å². The van der Waals surface area contributed by atoms with Gasteiger partial charge in [-0.1, -0.05) is 0 Å². The van der Waals surface area contributed by atoms with Gasteiger partial charge in [-0.2, -0.15) is 5.26 Å². The second-order valence-electron chi connectivity index (χ2n) is 6.40. The van der Waals surface area contributed by atoms with Gasteiger partial charge >= 0.3 is 7.12 Å². The van der Waals surface area contributed by atoms with Gasteiger partial charge in [-0.3, -0.25) is 4.98 Å². The second-order valence-corrected chi connectivity index (χ2v) is 6.40. The van der Waals surface area contributed by atoms with Gasteiger partial charge in [0.1, 0.15) is 0 Å². The van der Waals surface area contributed by atoms with Crippen LogP contribution in [-0.2, 0) is 15.7 Å². The van der Waals surface area contributed by atoms with E-state index in [0.29, 0.717) is 6.42 Å². The summed E-state index contributed by atoms with van der Waals surface area (Å²) >= 11 is 0. The zero-order valence-corrected chi connectivity index (χ0v) is 12.8. The Morgan fingerprint density at radius 3 is 2.45 bits per heavy atom. The van der Waals surface area contributed by atoms with Crippen LogP contribution in [0.2, 0.25) is 0 Å². The minimum Gasteiger partial charge on any atom is -0.399 e. The molecule has 0 saturated carbocycles. The summed E-state index contributed by atoms with van der Waals surface area (Å²) in [5.41, 5.74) is 1.16. The van der Waals surface area contributed by atoms with Crippen LogP contribution in [0.5, 0.6) is 0 Å². The minimum atomic E-state index is -0.376. The van der Waals surface area contributed by atoms with Crippen molar-refractivity contribution >= 4 is 12.6 Å². The lowest BCUT2D eigenvalue weighted by Crippen LogP contribution is -2.41. The molecular weight excluding hydrogens is 251 g/mol. The Kier molecular flexibility index (Phi) is 3.90. The Balaban J connectivity index is 2.19. The van der Waals surface area contributed by atoms with Gasteiger partial charge in [-0.05, 0) is 52.2 Å². The van der Waals surface area contributed by atoms with Crippen LogP contribution in [0, 0.1) is 17.2 Å². The smallest absolute Gasteiger partial charge is 0.399 e. The predicted molar refractivity (Wildman–Crippen MR) is 78.4 cm³/mol. The molecule has 0 N–H and O–H groups in total. The average molecular weight is 272 g/mol. The van der Waals surface area contributed by atoms with Crippen molar-refractivity contribution in [3.63, 3.8) is 0 Å². The van der Waals surface area contributed by atoms with Crippen molar-refractivity contribution in [2.45, 2.75) is 52.2 Å². The van der Waals surface area contributed by atoms with E-state index in [1.165, 1.54) is 0 Å². The van der Waals surface area contributed by atoms with Gasteiger partial charge < -0.3 is 9.31 Å². The highest BCUT2D eigenvalue weighted by atomic mass is 16.7. The Labute approximate surface area is 121 Å². The van der Waals surface area contributed by atoms with Crippen molar-refractivity contribution in [1.29, 1.82) is 5.26 Å². The van der Waals surface area contributed by atoms with E-state index in [4.69, 9.17) is 14.6 Å². The maximum Gasteiger partial charge on any atom is 0.494 e. The van der Waals surface area contributed by atoms with Crippen LogP contribution in [0.4, 0.5) is 0 Å². The molecular formula is C15H21BN2O2. The van der Waals surface area contributed by atoms with Crippen molar-refractivity contribution < 1.29 is 9.31 Å². The highest BCUT2D eigenvalue weighted by Gasteiger charge is 2.51. The van der Waals surface area contributed by atoms with Gasteiger partial charge in [-0.25, -0.2) is 0 Å². The molecule has 1 saturated heterocycles. The van der Waals surface area contributed by atoms with Crippen molar-refractivity contribution in [2.24, 2.45) is 5.92 Å². The van der Waals surface area contributed by atoms with Gasteiger partial charge in [0.05, 0.1) is 17.3 Å². The van der Waals surface area contributed by atoms with E-state index in [0.717, 1.165) is 11.2 Å². The molecule has 0 bridgehead atoms. The molecule has 5 heteroatoms. The first kappa shape index (κ1) is 15.0. The molecule has 2 rings (SSSR count). The monoisotopic (exact) mass is 272 g/mol. The zero-order chi connectivity index (χ0) is 15.0. The maximum atomic E-state index is 8.89. The number of aromatic nitrogens is 1. The molecule has 106 valence electrons. The predicted octanol–water partition coefficient (Wildman–Crippen LogP) is 2.08. The quantitative estimate of drug-likeness (QED) is 0.790. The Hall–Kier alpha value is -1.38. The summed E-state index contributed by atoms with van der Waals surface area (Å²) in [4.78, 5) is 4.31. The fraction of sp³-hybridized carbons (Fsp3) is 0.600. The van der Waals surface area contributed by atoms with Gasteiger partial charge in [0, 0.05) is 24.2 Å².